The van der Waals surface area contributed by atoms with Crippen LogP contribution in [0.5, 0.6) is 0 Å². The zero-order chi connectivity index (χ0) is 15.3. The van der Waals surface area contributed by atoms with Crippen molar-refractivity contribution < 1.29 is 23.9 Å². The quantitative estimate of drug-likeness (QED) is 0.482. The summed E-state index contributed by atoms with van der Waals surface area (Å²) in [5.41, 5.74) is 5.29. The van der Waals surface area contributed by atoms with Crippen molar-refractivity contribution in [1.29, 1.82) is 0 Å². The van der Waals surface area contributed by atoms with Gasteiger partial charge >= 0.3 is 0 Å². The molecule has 2 aliphatic heterocycles. The van der Waals surface area contributed by atoms with Crippen molar-refractivity contribution in [3.8, 4) is 0 Å². The number of piperidine rings is 1. The maximum absolute atomic E-state index is 13.4. The fourth-order valence-electron chi connectivity index (χ4n) is 2.72. The van der Waals surface area contributed by atoms with Crippen molar-refractivity contribution in [3.63, 3.8) is 0 Å². The number of nitrogens with one attached hydrogen (secondary N) is 1. The Bertz CT molecular complexity index is 676. The van der Waals surface area contributed by atoms with Crippen LogP contribution in [0.2, 0.25) is 0 Å². The summed E-state index contributed by atoms with van der Waals surface area (Å²) in [4.78, 5) is 36.7. The van der Waals surface area contributed by atoms with Crippen molar-refractivity contribution in [2.45, 2.75) is 25.1 Å². The van der Waals surface area contributed by atoms with E-state index in [1.165, 1.54) is 0 Å². The van der Waals surface area contributed by atoms with Gasteiger partial charge in [-0.2, -0.15) is 0 Å². The molecule has 1 aromatic rings. The first kappa shape index (κ1) is 13.5. The second-order valence-electron chi connectivity index (χ2n) is 5.02. The van der Waals surface area contributed by atoms with Gasteiger partial charge in [-0.05, 0) is 18.6 Å². The van der Waals surface area contributed by atoms with Crippen LogP contribution in [-0.4, -0.2) is 40.0 Å². The third kappa shape index (κ3) is 1.95. The number of benzene rings is 1. The average Bonchev–Trinajstić information content (AvgIpc) is 2.63. The molecule has 0 aliphatic carbocycles. The fourth-order valence-corrected chi connectivity index (χ4v) is 2.72. The van der Waals surface area contributed by atoms with Gasteiger partial charge in [0.2, 0.25) is 5.91 Å². The summed E-state index contributed by atoms with van der Waals surface area (Å²) in [7, 11) is 0. The molecule has 2 aliphatic rings. The van der Waals surface area contributed by atoms with E-state index in [4.69, 9.17) is 5.73 Å². The van der Waals surface area contributed by atoms with E-state index in [9.17, 15) is 23.9 Å². The average molecular weight is 293 g/mol. The van der Waals surface area contributed by atoms with Crippen LogP contribution in [-0.2, 0) is 4.79 Å². The molecule has 7 nitrogen and oxygen atoms in total. The molecular weight excluding hydrogens is 281 g/mol. The standard InChI is InChI=1S/C13H12FN3O4/c14-5-3-6-10(7(15)4-5)13(21)17(12(6)20)8-1-2-9(18)16-11(8)19/h3-4,8,11,19H,1-2,15H2,(H,16,18). The highest BCUT2D eigenvalue weighted by molar-refractivity contribution is 6.23. The lowest BCUT2D eigenvalue weighted by Crippen LogP contribution is -2.57. The molecule has 2 atom stereocenters. The number of amides is 3. The van der Waals surface area contributed by atoms with Gasteiger partial charge in [-0.25, -0.2) is 4.39 Å². The summed E-state index contributed by atoms with van der Waals surface area (Å²) in [6.45, 7) is 0. The predicted molar refractivity (Wildman–Crippen MR) is 68.5 cm³/mol. The number of halogens is 1. The van der Waals surface area contributed by atoms with E-state index in [0.717, 1.165) is 17.0 Å². The number of nitrogens with two attached hydrogens (primary N) is 1. The lowest BCUT2D eigenvalue weighted by molar-refractivity contribution is -0.129. The van der Waals surface area contributed by atoms with Crippen molar-refractivity contribution in [3.05, 3.63) is 29.1 Å². The van der Waals surface area contributed by atoms with E-state index >= 15 is 0 Å². The molecule has 2 heterocycles. The van der Waals surface area contributed by atoms with E-state index in [-0.39, 0.29) is 35.6 Å². The molecule has 4 N–H and O–H groups in total. The molecule has 0 saturated carbocycles. The number of imide groups is 1. The SMILES string of the molecule is Nc1cc(F)cc2c1C(=O)N(C1CCC(=O)NC1O)C2=O. The number of aliphatic hydroxyl groups is 1. The number of aliphatic hydroxyl groups excluding tert-OH is 1. The zero-order valence-electron chi connectivity index (χ0n) is 10.8. The smallest absolute Gasteiger partial charge is 0.264 e. The number of rotatable bonds is 1. The predicted octanol–water partition coefficient (Wildman–Crippen LogP) is -0.399. The molecule has 2 unspecified atom stereocenters. The second-order valence-corrected chi connectivity index (χ2v) is 5.02. The molecule has 110 valence electrons. The Labute approximate surface area is 118 Å². The van der Waals surface area contributed by atoms with Crippen molar-refractivity contribution in [2.75, 3.05) is 5.73 Å². The Morgan fingerprint density at radius 2 is 2.00 bits per heavy atom. The zero-order valence-corrected chi connectivity index (χ0v) is 10.8. The van der Waals surface area contributed by atoms with E-state index in [1.807, 2.05) is 0 Å². The van der Waals surface area contributed by atoms with E-state index in [2.05, 4.69) is 5.32 Å². The van der Waals surface area contributed by atoms with Crippen LogP contribution in [0.15, 0.2) is 12.1 Å². The van der Waals surface area contributed by atoms with E-state index in [1.54, 1.807) is 0 Å². The van der Waals surface area contributed by atoms with Gasteiger partial charge in [0.1, 0.15) is 12.0 Å². The Hall–Kier alpha value is -2.48. The van der Waals surface area contributed by atoms with Gasteiger partial charge in [0.05, 0.1) is 17.2 Å². The van der Waals surface area contributed by atoms with Gasteiger partial charge in [-0.15, -0.1) is 0 Å². The minimum atomic E-state index is -1.35. The lowest BCUT2D eigenvalue weighted by Gasteiger charge is -2.33. The minimum absolute atomic E-state index is 0.0644. The molecule has 21 heavy (non-hydrogen) atoms. The summed E-state index contributed by atoms with van der Waals surface area (Å²) < 4.78 is 13.4. The van der Waals surface area contributed by atoms with Crippen molar-refractivity contribution in [1.82, 2.24) is 10.2 Å². The van der Waals surface area contributed by atoms with Crippen LogP contribution in [0.25, 0.3) is 0 Å². The maximum Gasteiger partial charge on any atom is 0.264 e. The van der Waals surface area contributed by atoms with Crippen LogP contribution >= 0.6 is 0 Å². The Kier molecular flexibility index (Phi) is 2.91. The van der Waals surface area contributed by atoms with Crippen LogP contribution in [0.3, 0.4) is 0 Å². The Morgan fingerprint density at radius 1 is 1.29 bits per heavy atom. The number of nitrogen functional groups attached to an aromatic ring is 1. The molecule has 1 fully saturated rings. The summed E-state index contributed by atoms with van der Waals surface area (Å²) in [5, 5.41) is 12.1. The van der Waals surface area contributed by atoms with Crippen LogP contribution in [0.1, 0.15) is 33.6 Å². The number of carbonyl (C=O) groups is 3. The molecule has 8 heteroatoms. The third-order valence-electron chi connectivity index (χ3n) is 3.69. The van der Waals surface area contributed by atoms with E-state index < -0.39 is 29.9 Å². The number of nitrogens with zero attached hydrogens (tertiary/aromatic N) is 1. The van der Waals surface area contributed by atoms with Gasteiger partial charge in [-0.3, -0.25) is 19.3 Å². The fraction of sp³-hybridized carbons (Fsp3) is 0.308. The molecule has 1 saturated heterocycles. The third-order valence-corrected chi connectivity index (χ3v) is 3.69. The Balaban J connectivity index is 2.00. The topological polar surface area (TPSA) is 113 Å². The summed E-state index contributed by atoms with van der Waals surface area (Å²) >= 11 is 0. The highest BCUT2D eigenvalue weighted by Crippen LogP contribution is 2.32. The largest absolute Gasteiger partial charge is 0.398 e. The van der Waals surface area contributed by atoms with Gasteiger partial charge in [0.15, 0.2) is 0 Å². The monoisotopic (exact) mass is 293 g/mol. The number of hydrogen-bond donors (Lipinski definition) is 3. The maximum atomic E-state index is 13.4. The first-order chi connectivity index (χ1) is 9.90. The molecule has 3 amide bonds. The van der Waals surface area contributed by atoms with Gasteiger partial charge in [-0.1, -0.05) is 0 Å². The van der Waals surface area contributed by atoms with Gasteiger partial charge < -0.3 is 16.2 Å². The van der Waals surface area contributed by atoms with Crippen LogP contribution < -0.4 is 11.1 Å². The highest BCUT2D eigenvalue weighted by Gasteiger charge is 2.45. The van der Waals surface area contributed by atoms with E-state index in [0.29, 0.717) is 0 Å². The van der Waals surface area contributed by atoms with Gasteiger partial charge in [0.25, 0.3) is 11.8 Å². The normalized spacial score (nSPS) is 25.0. The molecule has 0 bridgehead atoms. The highest BCUT2D eigenvalue weighted by atomic mass is 19.1. The molecule has 3 rings (SSSR count). The van der Waals surface area contributed by atoms with Gasteiger partial charge in [0, 0.05) is 12.1 Å². The first-order valence-electron chi connectivity index (χ1n) is 6.34. The molecule has 0 spiro atoms. The number of carbonyl (C=O) groups excluding carboxylic acids is 3. The summed E-state index contributed by atoms with van der Waals surface area (Å²) in [6.07, 6.45) is -1.13. The Morgan fingerprint density at radius 3 is 2.67 bits per heavy atom. The molecule has 0 radical (unpaired) electrons. The second kappa shape index (κ2) is 4.52. The molecule has 0 aromatic heterocycles. The van der Waals surface area contributed by atoms with Crippen LogP contribution in [0.4, 0.5) is 10.1 Å². The van der Waals surface area contributed by atoms with Crippen LogP contribution in [0, 0.1) is 5.82 Å². The summed E-state index contributed by atoms with van der Waals surface area (Å²) in [6, 6.07) is 1.02. The van der Waals surface area contributed by atoms with Crippen molar-refractivity contribution in [2.24, 2.45) is 0 Å². The first-order valence-corrected chi connectivity index (χ1v) is 6.34. The lowest BCUT2D eigenvalue weighted by atomic mass is 10.0. The summed E-state index contributed by atoms with van der Waals surface area (Å²) in [5.74, 6) is -2.48. The van der Waals surface area contributed by atoms with Crippen molar-refractivity contribution >= 4 is 23.4 Å². The number of anilines is 1. The minimum Gasteiger partial charge on any atom is -0.398 e. The molecular formula is C13H12FN3O4. The number of fused-ring (bicyclic) bond motifs is 1. The molecule has 1 aromatic carbocycles. The number of hydrogen-bond acceptors (Lipinski definition) is 5.